The van der Waals surface area contributed by atoms with E-state index in [1.165, 1.54) is 7.11 Å². The Hall–Kier alpha value is -1.72. The maximum absolute atomic E-state index is 12.3. The van der Waals surface area contributed by atoms with Gasteiger partial charge in [0, 0.05) is 16.8 Å². The van der Waals surface area contributed by atoms with Crippen LogP contribution in [0.3, 0.4) is 0 Å². The van der Waals surface area contributed by atoms with Crippen molar-refractivity contribution in [2.24, 2.45) is 0 Å². The minimum absolute atomic E-state index is 0.504. The van der Waals surface area contributed by atoms with Crippen molar-refractivity contribution in [2.45, 2.75) is 4.90 Å². The number of rotatable bonds is 5. The monoisotopic (exact) mass is 311 g/mol. The number of nitrogens with one attached hydrogen (secondary N) is 1. The van der Waals surface area contributed by atoms with Crippen LogP contribution in [-0.2, 0) is 11.0 Å². The van der Waals surface area contributed by atoms with Crippen LogP contribution in [0.2, 0.25) is 5.02 Å². The summed E-state index contributed by atoms with van der Waals surface area (Å²) < 4.78 is 25.6. The third kappa shape index (κ3) is 3.43. The topological polar surface area (TPSA) is 47.6 Å². The number of hydrogen-bond donors (Lipinski definition) is 1. The number of halogens is 1. The van der Waals surface area contributed by atoms with E-state index in [9.17, 15) is 4.21 Å². The van der Waals surface area contributed by atoms with E-state index in [-0.39, 0.29) is 0 Å². The van der Waals surface area contributed by atoms with E-state index in [0.717, 1.165) is 0 Å². The molecule has 0 aliphatic carbocycles. The summed E-state index contributed by atoms with van der Waals surface area (Å²) in [5.41, 5.74) is 0.714. The van der Waals surface area contributed by atoms with Crippen LogP contribution in [0.15, 0.2) is 47.4 Å². The van der Waals surface area contributed by atoms with Crippen LogP contribution < -0.4 is 14.2 Å². The summed E-state index contributed by atoms with van der Waals surface area (Å²) in [4.78, 5) is 0.545. The maximum atomic E-state index is 12.3. The first-order valence-electron chi connectivity index (χ1n) is 5.80. The van der Waals surface area contributed by atoms with E-state index < -0.39 is 11.0 Å². The van der Waals surface area contributed by atoms with E-state index in [2.05, 4.69) is 4.72 Å². The van der Waals surface area contributed by atoms with Crippen LogP contribution in [0, 0.1) is 0 Å². The molecule has 0 spiro atoms. The lowest BCUT2D eigenvalue weighted by atomic mass is 10.3. The van der Waals surface area contributed by atoms with Gasteiger partial charge >= 0.3 is 0 Å². The molecule has 0 bridgehead atoms. The van der Waals surface area contributed by atoms with Crippen molar-refractivity contribution >= 4 is 28.3 Å². The predicted octanol–water partition coefficient (Wildman–Crippen LogP) is 3.49. The van der Waals surface area contributed by atoms with E-state index in [1.54, 1.807) is 49.6 Å². The standard InChI is InChI=1S/C14H14ClNO3S/c1-18-12-7-8-14(13(9-12)19-2)20(17)16-11-5-3-10(15)4-6-11/h3-9,16H,1-2H3/t20-/m1/s1. The Labute approximate surface area is 125 Å². The zero-order chi connectivity index (χ0) is 14.5. The van der Waals surface area contributed by atoms with Crippen LogP contribution in [-0.4, -0.2) is 18.4 Å². The number of methoxy groups -OCH3 is 2. The number of hydrogen-bond acceptors (Lipinski definition) is 3. The first kappa shape index (κ1) is 14.7. The van der Waals surface area contributed by atoms with Gasteiger partial charge in [-0.3, -0.25) is 0 Å². The molecule has 4 nitrogen and oxygen atoms in total. The second-order valence-electron chi connectivity index (χ2n) is 3.89. The molecule has 1 N–H and O–H groups in total. The molecule has 0 heterocycles. The van der Waals surface area contributed by atoms with Gasteiger partial charge in [0.05, 0.1) is 14.2 Å². The van der Waals surface area contributed by atoms with Gasteiger partial charge in [0.25, 0.3) is 0 Å². The van der Waals surface area contributed by atoms with Gasteiger partial charge in [-0.15, -0.1) is 0 Å². The molecule has 0 saturated carbocycles. The molecule has 1 atom stereocenters. The largest absolute Gasteiger partial charge is 0.497 e. The predicted molar refractivity (Wildman–Crippen MR) is 81.0 cm³/mol. The second-order valence-corrected chi connectivity index (χ2v) is 5.51. The number of ether oxygens (including phenoxy) is 2. The highest BCUT2D eigenvalue weighted by Gasteiger charge is 2.12. The van der Waals surface area contributed by atoms with Crippen LogP contribution in [0.5, 0.6) is 11.5 Å². The van der Waals surface area contributed by atoms with Crippen molar-refractivity contribution in [1.29, 1.82) is 0 Å². The Bertz CT molecular complexity index is 616. The molecule has 6 heteroatoms. The molecular formula is C14H14ClNO3S. The molecule has 2 rings (SSSR count). The first-order valence-corrected chi connectivity index (χ1v) is 7.33. The zero-order valence-corrected chi connectivity index (χ0v) is 12.6. The summed E-state index contributed by atoms with van der Waals surface area (Å²) in [5.74, 6) is 1.15. The average molecular weight is 312 g/mol. The Balaban J connectivity index is 2.22. The molecule has 106 valence electrons. The van der Waals surface area contributed by atoms with Crippen molar-refractivity contribution in [1.82, 2.24) is 0 Å². The van der Waals surface area contributed by atoms with Gasteiger partial charge in [0.15, 0.2) is 11.0 Å². The van der Waals surface area contributed by atoms with Crippen LogP contribution >= 0.6 is 11.6 Å². The second kappa shape index (κ2) is 6.63. The molecule has 0 aliphatic heterocycles. The Morgan fingerprint density at radius 2 is 1.75 bits per heavy atom. The minimum atomic E-state index is -1.44. The Kier molecular flexibility index (Phi) is 4.87. The van der Waals surface area contributed by atoms with Crippen molar-refractivity contribution in [3.05, 3.63) is 47.5 Å². The summed E-state index contributed by atoms with van der Waals surface area (Å²) in [6.07, 6.45) is 0. The normalized spacial score (nSPS) is 11.8. The van der Waals surface area contributed by atoms with Gasteiger partial charge in [-0.2, -0.15) is 0 Å². The fourth-order valence-electron chi connectivity index (χ4n) is 1.61. The lowest BCUT2D eigenvalue weighted by Crippen LogP contribution is -2.06. The van der Waals surface area contributed by atoms with Crippen LogP contribution in [0.4, 0.5) is 5.69 Å². The smallest absolute Gasteiger partial charge is 0.154 e. The Morgan fingerprint density at radius 3 is 2.35 bits per heavy atom. The van der Waals surface area contributed by atoms with Crippen LogP contribution in [0.1, 0.15) is 0 Å². The third-order valence-electron chi connectivity index (χ3n) is 2.63. The molecule has 0 unspecified atom stereocenters. The highest BCUT2D eigenvalue weighted by Crippen LogP contribution is 2.28. The SMILES string of the molecule is COc1ccc([S@@](=O)Nc2ccc(Cl)cc2)c(OC)c1. The fraction of sp³-hybridized carbons (Fsp3) is 0.143. The van der Waals surface area contributed by atoms with Gasteiger partial charge < -0.3 is 14.2 Å². The molecule has 2 aromatic carbocycles. The van der Waals surface area contributed by atoms with Gasteiger partial charge in [-0.1, -0.05) is 11.6 Å². The van der Waals surface area contributed by atoms with E-state index >= 15 is 0 Å². The molecule has 20 heavy (non-hydrogen) atoms. The van der Waals surface area contributed by atoms with Gasteiger partial charge in [0.2, 0.25) is 0 Å². The Morgan fingerprint density at radius 1 is 1.05 bits per heavy atom. The molecule has 0 aromatic heterocycles. The summed E-state index contributed by atoms with van der Waals surface area (Å²) in [7, 11) is 1.66. The molecule has 0 fully saturated rings. The number of anilines is 1. The highest BCUT2D eigenvalue weighted by molar-refractivity contribution is 7.86. The maximum Gasteiger partial charge on any atom is 0.154 e. The minimum Gasteiger partial charge on any atom is -0.497 e. The van der Waals surface area contributed by atoms with Crippen molar-refractivity contribution in [3.8, 4) is 11.5 Å². The summed E-state index contributed by atoms with van der Waals surface area (Å²) >= 11 is 5.81. The molecule has 0 aliphatic rings. The van der Waals surface area contributed by atoms with Gasteiger partial charge in [-0.25, -0.2) is 4.21 Å². The van der Waals surface area contributed by atoms with Crippen molar-refractivity contribution < 1.29 is 13.7 Å². The van der Waals surface area contributed by atoms with E-state index in [4.69, 9.17) is 21.1 Å². The molecular weight excluding hydrogens is 298 g/mol. The van der Waals surface area contributed by atoms with Crippen LogP contribution in [0.25, 0.3) is 0 Å². The van der Waals surface area contributed by atoms with Crippen molar-refractivity contribution in [2.75, 3.05) is 18.9 Å². The molecule has 0 radical (unpaired) electrons. The molecule has 0 amide bonds. The highest BCUT2D eigenvalue weighted by atomic mass is 35.5. The summed E-state index contributed by atoms with van der Waals surface area (Å²) in [6, 6.07) is 12.1. The molecule has 2 aromatic rings. The first-order chi connectivity index (χ1) is 9.63. The van der Waals surface area contributed by atoms with Gasteiger partial charge in [0.1, 0.15) is 16.4 Å². The lowest BCUT2D eigenvalue weighted by Gasteiger charge is -2.11. The third-order valence-corrected chi connectivity index (χ3v) is 4.04. The fourth-order valence-corrected chi connectivity index (χ4v) is 2.71. The summed E-state index contributed by atoms with van der Waals surface area (Å²) in [6.45, 7) is 0. The summed E-state index contributed by atoms with van der Waals surface area (Å²) in [5, 5.41) is 0.628. The zero-order valence-electron chi connectivity index (χ0n) is 11.1. The quantitative estimate of drug-likeness (QED) is 0.919. The number of benzene rings is 2. The molecule has 0 saturated heterocycles. The lowest BCUT2D eigenvalue weighted by molar-refractivity contribution is 0.387. The average Bonchev–Trinajstić information content (AvgIpc) is 2.48. The van der Waals surface area contributed by atoms with E-state index in [0.29, 0.717) is 27.1 Å². The van der Waals surface area contributed by atoms with E-state index in [1.807, 2.05) is 0 Å². The van der Waals surface area contributed by atoms with Crippen molar-refractivity contribution in [3.63, 3.8) is 0 Å². The van der Waals surface area contributed by atoms with Gasteiger partial charge in [-0.05, 0) is 36.4 Å².